The molecule has 4 heteroatoms. The smallest absolute Gasteiger partial charge is 0.304 e. The second-order valence-electron chi connectivity index (χ2n) is 3.58. The van der Waals surface area contributed by atoms with Crippen LogP contribution in [-0.4, -0.2) is 48.2 Å². The van der Waals surface area contributed by atoms with Gasteiger partial charge in [-0.2, -0.15) is 0 Å². The Morgan fingerprint density at radius 1 is 1.67 bits per heavy atom. The number of nitrogens with one attached hydrogen (secondary N) is 1. The molecule has 1 aliphatic rings. The lowest BCUT2D eigenvalue weighted by Crippen LogP contribution is -2.54. The summed E-state index contributed by atoms with van der Waals surface area (Å²) in [5, 5.41) is 11.8. The predicted molar refractivity (Wildman–Crippen MR) is 46.1 cm³/mol. The number of carboxylic acid groups (broad SMARTS) is 1. The summed E-state index contributed by atoms with van der Waals surface area (Å²) in [5.41, 5.74) is 0. The van der Waals surface area contributed by atoms with E-state index in [9.17, 15) is 4.79 Å². The van der Waals surface area contributed by atoms with E-state index < -0.39 is 5.97 Å². The average molecular weight is 172 g/mol. The van der Waals surface area contributed by atoms with Crippen LogP contribution in [0.3, 0.4) is 0 Å². The molecule has 0 saturated carbocycles. The molecule has 70 valence electrons. The van der Waals surface area contributed by atoms with Crippen LogP contribution in [0.2, 0.25) is 0 Å². The van der Waals surface area contributed by atoms with E-state index >= 15 is 0 Å². The number of nitrogens with zero attached hydrogens (tertiary/aromatic N) is 1. The van der Waals surface area contributed by atoms with Crippen LogP contribution in [0.5, 0.6) is 0 Å². The molecule has 4 nitrogen and oxygen atoms in total. The fraction of sp³-hybridized carbons (Fsp3) is 0.875. The summed E-state index contributed by atoms with van der Waals surface area (Å²) in [6.07, 6.45) is 0.217. The van der Waals surface area contributed by atoms with Gasteiger partial charge in [0.25, 0.3) is 0 Å². The Labute approximate surface area is 72.6 Å². The molecule has 1 fully saturated rings. The third-order valence-corrected chi connectivity index (χ3v) is 2.06. The van der Waals surface area contributed by atoms with E-state index in [1.54, 1.807) is 0 Å². The molecule has 0 aromatic rings. The molecule has 2 N–H and O–H groups in total. The summed E-state index contributed by atoms with van der Waals surface area (Å²) in [6.45, 7) is 3.90. The zero-order chi connectivity index (χ0) is 9.14. The van der Waals surface area contributed by atoms with Crippen molar-refractivity contribution >= 4 is 5.97 Å². The molecule has 0 aromatic heterocycles. The van der Waals surface area contributed by atoms with Gasteiger partial charge in [0.05, 0.1) is 6.42 Å². The number of hydrogen-bond acceptors (Lipinski definition) is 3. The molecule has 1 rings (SSSR count). The first-order valence-electron chi connectivity index (χ1n) is 4.24. The van der Waals surface area contributed by atoms with Crippen LogP contribution in [0.25, 0.3) is 0 Å². The molecule has 0 radical (unpaired) electrons. The first kappa shape index (κ1) is 9.48. The minimum atomic E-state index is -0.727. The molecule has 0 aromatic carbocycles. The summed E-state index contributed by atoms with van der Waals surface area (Å²) < 4.78 is 0. The number of piperazine rings is 1. The minimum absolute atomic E-state index is 0.108. The van der Waals surface area contributed by atoms with Crippen molar-refractivity contribution < 1.29 is 9.90 Å². The van der Waals surface area contributed by atoms with Crippen LogP contribution < -0.4 is 5.32 Å². The Bertz CT molecular complexity index is 162. The fourth-order valence-electron chi connectivity index (χ4n) is 1.76. The molecule has 0 amide bonds. The number of likely N-dealkylation sites (N-methyl/N-ethyl adjacent to an activating group) is 1. The van der Waals surface area contributed by atoms with Crippen molar-refractivity contribution in [1.29, 1.82) is 0 Å². The van der Waals surface area contributed by atoms with Crippen molar-refractivity contribution in [2.45, 2.75) is 25.4 Å². The van der Waals surface area contributed by atoms with E-state index in [-0.39, 0.29) is 12.5 Å². The van der Waals surface area contributed by atoms with Gasteiger partial charge in [0, 0.05) is 25.2 Å². The molecule has 0 unspecified atom stereocenters. The highest BCUT2D eigenvalue weighted by atomic mass is 16.4. The standard InChI is InChI=1S/C8H16N2O2/c1-6-4-10(2)5-7(9-6)3-8(11)12/h6-7,9H,3-5H2,1-2H3,(H,11,12)/t6-,7-/m0/s1. The lowest BCUT2D eigenvalue weighted by Gasteiger charge is -2.34. The van der Waals surface area contributed by atoms with Gasteiger partial charge in [-0.05, 0) is 14.0 Å². The number of aliphatic carboxylic acids is 1. The minimum Gasteiger partial charge on any atom is -0.481 e. The van der Waals surface area contributed by atoms with Gasteiger partial charge in [-0.1, -0.05) is 0 Å². The molecule has 0 spiro atoms. The third kappa shape index (κ3) is 2.79. The average Bonchev–Trinajstić information content (AvgIpc) is 1.81. The SMILES string of the molecule is C[C@H]1CN(C)C[C@H](CC(=O)O)N1. The van der Waals surface area contributed by atoms with Crippen molar-refractivity contribution in [3.8, 4) is 0 Å². The van der Waals surface area contributed by atoms with E-state index in [4.69, 9.17) is 5.11 Å². The van der Waals surface area contributed by atoms with Gasteiger partial charge in [0.2, 0.25) is 0 Å². The number of rotatable bonds is 2. The van der Waals surface area contributed by atoms with E-state index in [0.29, 0.717) is 6.04 Å². The maximum Gasteiger partial charge on any atom is 0.304 e. The van der Waals surface area contributed by atoms with Gasteiger partial charge in [-0.3, -0.25) is 4.79 Å². The number of carbonyl (C=O) groups is 1. The Kier molecular flexibility index (Phi) is 3.05. The molecule has 0 aliphatic carbocycles. The van der Waals surface area contributed by atoms with Crippen LogP contribution in [0, 0.1) is 0 Å². The molecule has 1 aliphatic heterocycles. The zero-order valence-corrected chi connectivity index (χ0v) is 7.58. The molecule has 2 atom stereocenters. The molecule has 12 heavy (non-hydrogen) atoms. The summed E-state index contributed by atoms with van der Waals surface area (Å²) in [5.74, 6) is -0.727. The summed E-state index contributed by atoms with van der Waals surface area (Å²) in [4.78, 5) is 12.6. The number of hydrogen-bond donors (Lipinski definition) is 2. The maximum atomic E-state index is 10.4. The first-order chi connectivity index (χ1) is 5.58. The topological polar surface area (TPSA) is 52.6 Å². The van der Waals surface area contributed by atoms with Crippen molar-refractivity contribution in [2.24, 2.45) is 0 Å². The highest BCUT2D eigenvalue weighted by molar-refractivity contribution is 5.67. The monoisotopic (exact) mass is 172 g/mol. The molecule has 1 saturated heterocycles. The summed E-state index contributed by atoms with van der Waals surface area (Å²) >= 11 is 0. The summed E-state index contributed by atoms with van der Waals surface area (Å²) in [6, 6.07) is 0.504. The Hall–Kier alpha value is -0.610. The van der Waals surface area contributed by atoms with Crippen LogP contribution in [-0.2, 0) is 4.79 Å². The highest BCUT2D eigenvalue weighted by Gasteiger charge is 2.22. The van der Waals surface area contributed by atoms with Gasteiger partial charge in [0.1, 0.15) is 0 Å². The van der Waals surface area contributed by atoms with Crippen LogP contribution >= 0.6 is 0 Å². The zero-order valence-electron chi connectivity index (χ0n) is 7.58. The second kappa shape index (κ2) is 3.87. The van der Waals surface area contributed by atoms with Gasteiger partial charge >= 0.3 is 5.97 Å². The molecule has 0 bridgehead atoms. The van der Waals surface area contributed by atoms with Crippen molar-refractivity contribution in [3.05, 3.63) is 0 Å². The van der Waals surface area contributed by atoms with Crippen molar-refractivity contribution in [3.63, 3.8) is 0 Å². The normalized spacial score (nSPS) is 31.8. The lowest BCUT2D eigenvalue weighted by molar-refractivity contribution is -0.137. The molecular formula is C8H16N2O2. The van der Waals surface area contributed by atoms with Crippen LogP contribution in [0.1, 0.15) is 13.3 Å². The van der Waals surface area contributed by atoms with Crippen LogP contribution in [0.15, 0.2) is 0 Å². The first-order valence-corrected chi connectivity index (χ1v) is 4.24. The number of carboxylic acids is 1. The van der Waals surface area contributed by atoms with Gasteiger partial charge in [0.15, 0.2) is 0 Å². The Morgan fingerprint density at radius 3 is 2.83 bits per heavy atom. The maximum absolute atomic E-state index is 10.4. The lowest BCUT2D eigenvalue weighted by atomic mass is 10.1. The Balaban J connectivity index is 2.38. The van der Waals surface area contributed by atoms with E-state index in [1.165, 1.54) is 0 Å². The van der Waals surface area contributed by atoms with E-state index in [0.717, 1.165) is 13.1 Å². The largest absolute Gasteiger partial charge is 0.481 e. The van der Waals surface area contributed by atoms with Gasteiger partial charge in [-0.25, -0.2) is 0 Å². The van der Waals surface area contributed by atoms with Gasteiger partial charge < -0.3 is 15.3 Å². The van der Waals surface area contributed by atoms with E-state index in [1.807, 2.05) is 7.05 Å². The highest BCUT2D eigenvalue weighted by Crippen LogP contribution is 2.04. The van der Waals surface area contributed by atoms with E-state index in [2.05, 4.69) is 17.1 Å². The fourth-order valence-corrected chi connectivity index (χ4v) is 1.76. The van der Waals surface area contributed by atoms with Crippen molar-refractivity contribution in [2.75, 3.05) is 20.1 Å². The Morgan fingerprint density at radius 2 is 2.33 bits per heavy atom. The van der Waals surface area contributed by atoms with Crippen molar-refractivity contribution in [1.82, 2.24) is 10.2 Å². The second-order valence-corrected chi connectivity index (χ2v) is 3.58. The third-order valence-electron chi connectivity index (χ3n) is 2.06. The van der Waals surface area contributed by atoms with Crippen LogP contribution in [0.4, 0.5) is 0 Å². The molecular weight excluding hydrogens is 156 g/mol. The predicted octanol–water partition coefficient (Wildman–Crippen LogP) is -0.247. The molecule has 1 heterocycles. The quantitative estimate of drug-likeness (QED) is 0.603. The summed E-state index contributed by atoms with van der Waals surface area (Å²) in [7, 11) is 2.02. The van der Waals surface area contributed by atoms with Gasteiger partial charge in [-0.15, -0.1) is 0 Å².